The van der Waals surface area contributed by atoms with E-state index < -0.39 is 0 Å². The van der Waals surface area contributed by atoms with E-state index >= 15 is 0 Å². The van der Waals surface area contributed by atoms with Crippen molar-refractivity contribution >= 4 is 52.4 Å². The van der Waals surface area contributed by atoms with E-state index in [9.17, 15) is 0 Å². The fourth-order valence-electron chi connectivity index (χ4n) is 1.30. The second-order valence-corrected chi connectivity index (χ2v) is 5.03. The van der Waals surface area contributed by atoms with Gasteiger partial charge in [-0.1, -0.05) is 23.2 Å². The Morgan fingerprint density at radius 1 is 1.00 bits per heavy atom. The number of aromatic nitrogens is 3. The Hall–Kier alpha value is -1.30. The molecule has 2 aromatic rings. The first-order valence-corrected chi connectivity index (χ1v) is 6.40. The normalized spacial score (nSPS) is 10.4. The van der Waals surface area contributed by atoms with Crippen LogP contribution in [0.2, 0.25) is 15.3 Å². The molecule has 0 aliphatic carbocycles. The van der Waals surface area contributed by atoms with Gasteiger partial charge in [-0.3, -0.25) is 0 Å². The first kappa shape index (κ1) is 14.1. The first-order chi connectivity index (χ1) is 8.95. The number of hydrogen-bond acceptors (Lipinski definition) is 5. The van der Waals surface area contributed by atoms with E-state index in [-0.39, 0.29) is 5.28 Å². The Kier molecular flexibility index (Phi) is 4.29. The lowest BCUT2D eigenvalue weighted by atomic mass is 10.3. The molecule has 0 atom stereocenters. The van der Waals surface area contributed by atoms with Gasteiger partial charge in [-0.2, -0.15) is 15.0 Å². The van der Waals surface area contributed by atoms with Crippen molar-refractivity contribution in [2.24, 2.45) is 0 Å². The Morgan fingerprint density at radius 3 is 2.37 bits per heavy atom. The molecule has 0 amide bonds. The molecule has 1 N–H and O–H groups in total. The van der Waals surface area contributed by atoms with Gasteiger partial charge >= 0.3 is 0 Å². The van der Waals surface area contributed by atoms with Gasteiger partial charge in [0.1, 0.15) is 0 Å². The van der Waals surface area contributed by atoms with Gasteiger partial charge in [0.25, 0.3) is 0 Å². The number of halogens is 3. The van der Waals surface area contributed by atoms with E-state index in [4.69, 9.17) is 34.8 Å². The van der Waals surface area contributed by atoms with Gasteiger partial charge < -0.3 is 10.2 Å². The zero-order valence-electron chi connectivity index (χ0n) is 10.2. The minimum Gasteiger partial charge on any atom is -0.347 e. The van der Waals surface area contributed by atoms with Crippen molar-refractivity contribution in [2.45, 2.75) is 0 Å². The van der Waals surface area contributed by atoms with Gasteiger partial charge in [0.05, 0.1) is 10.0 Å². The highest BCUT2D eigenvalue weighted by molar-refractivity contribution is 6.42. The zero-order chi connectivity index (χ0) is 14.0. The smallest absolute Gasteiger partial charge is 0.233 e. The van der Waals surface area contributed by atoms with Gasteiger partial charge in [-0.15, -0.1) is 0 Å². The van der Waals surface area contributed by atoms with Gasteiger partial charge in [-0.05, 0) is 29.8 Å². The molecule has 0 bridgehead atoms. The number of hydrogen-bond donors (Lipinski definition) is 1. The molecule has 0 aliphatic heterocycles. The average molecular weight is 319 g/mol. The summed E-state index contributed by atoms with van der Waals surface area (Å²) in [6.07, 6.45) is 0. The lowest BCUT2D eigenvalue weighted by molar-refractivity contribution is 0.961. The van der Waals surface area contributed by atoms with Crippen LogP contribution in [0.5, 0.6) is 0 Å². The number of anilines is 3. The molecule has 100 valence electrons. The maximum absolute atomic E-state index is 5.93. The highest BCUT2D eigenvalue weighted by Crippen LogP contribution is 2.26. The van der Waals surface area contributed by atoms with Crippen molar-refractivity contribution < 1.29 is 0 Å². The van der Waals surface area contributed by atoms with E-state index in [1.165, 1.54) is 0 Å². The standard InChI is InChI=1S/C11H10Cl3N5/c1-19(2)11-17-9(14)16-10(18-11)15-6-3-4-7(12)8(13)5-6/h3-5H,1-2H3,(H,15,16,17,18). The number of nitrogens with zero attached hydrogens (tertiary/aromatic N) is 4. The summed E-state index contributed by atoms with van der Waals surface area (Å²) in [6.45, 7) is 0. The third-order valence-electron chi connectivity index (χ3n) is 2.17. The minimum atomic E-state index is 0.112. The van der Waals surface area contributed by atoms with E-state index in [1.807, 2.05) is 14.1 Å². The molecule has 5 nitrogen and oxygen atoms in total. The SMILES string of the molecule is CN(C)c1nc(Cl)nc(Nc2ccc(Cl)c(Cl)c2)n1. The lowest BCUT2D eigenvalue weighted by Gasteiger charge is -2.12. The summed E-state index contributed by atoms with van der Waals surface area (Å²) in [5.74, 6) is 0.796. The number of nitrogens with one attached hydrogen (secondary N) is 1. The van der Waals surface area contributed by atoms with Crippen LogP contribution < -0.4 is 10.2 Å². The topological polar surface area (TPSA) is 53.9 Å². The average Bonchev–Trinajstić information content (AvgIpc) is 2.33. The summed E-state index contributed by atoms with van der Waals surface area (Å²) < 4.78 is 0. The van der Waals surface area contributed by atoms with E-state index in [1.54, 1.807) is 23.1 Å². The predicted octanol–water partition coefficient (Wildman–Crippen LogP) is 3.64. The van der Waals surface area contributed by atoms with Crippen molar-refractivity contribution in [1.82, 2.24) is 15.0 Å². The Balaban J connectivity index is 2.29. The molecule has 0 radical (unpaired) electrons. The van der Waals surface area contributed by atoms with E-state index in [0.717, 1.165) is 0 Å². The highest BCUT2D eigenvalue weighted by atomic mass is 35.5. The van der Waals surface area contributed by atoms with Gasteiger partial charge in [0.2, 0.25) is 17.2 Å². The van der Waals surface area contributed by atoms with Crippen LogP contribution in [0.3, 0.4) is 0 Å². The Morgan fingerprint density at radius 2 is 1.74 bits per heavy atom. The van der Waals surface area contributed by atoms with Crippen molar-refractivity contribution in [2.75, 3.05) is 24.3 Å². The Labute approximate surface area is 125 Å². The van der Waals surface area contributed by atoms with E-state index in [0.29, 0.717) is 27.6 Å². The van der Waals surface area contributed by atoms with Gasteiger partial charge in [-0.25, -0.2) is 0 Å². The number of rotatable bonds is 3. The highest BCUT2D eigenvalue weighted by Gasteiger charge is 2.07. The molecular formula is C11H10Cl3N5. The summed E-state index contributed by atoms with van der Waals surface area (Å²) in [4.78, 5) is 13.9. The van der Waals surface area contributed by atoms with Crippen LogP contribution >= 0.6 is 34.8 Å². The maximum Gasteiger partial charge on any atom is 0.233 e. The van der Waals surface area contributed by atoms with E-state index in [2.05, 4.69) is 20.3 Å². The van der Waals surface area contributed by atoms with Gasteiger partial charge in [0, 0.05) is 19.8 Å². The largest absolute Gasteiger partial charge is 0.347 e. The molecule has 0 saturated carbocycles. The summed E-state index contributed by atoms with van der Waals surface area (Å²) in [7, 11) is 3.63. The molecule has 0 spiro atoms. The molecule has 0 saturated heterocycles. The molecule has 1 heterocycles. The van der Waals surface area contributed by atoms with Crippen LogP contribution in [-0.2, 0) is 0 Å². The van der Waals surface area contributed by atoms with Crippen molar-refractivity contribution in [3.63, 3.8) is 0 Å². The second kappa shape index (κ2) is 5.77. The molecule has 1 aromatic heterocycles. The van der Waals surface area contributed by atoms with Crippen LogP contribution in [0.15, 0.2) is 18.2 Å². The summed E-state index contributed by atoms with van der Waals surface area (Å²) in [5, 5.41) is 4.03. The molecule has 0 fully saturated rings. The zero-order valence-corrected chi connectivity index (χ0v) is 12.4. The Bertz CT molecular complexity index is 603. The number of benzene rings is 1. The monoisotopic (exact) mass is 317 g/mol. The van der Waals surface area contributed by atoms with Crippen LogP contribution in [0, 0.1) is 0 Å². The summed E-state index contributed by atoms with van der Waals surface area (Å²) in [6, 6.07) is 5.13. The third kappa shape index (κ3) is 3.59. The molecule has 0 aliphatic rings. The summed E-state index contributed by atoms with van der Waals surface area (Å²) in [5.41, 5.74) is 0.710. The van der Waals surface area contributed by atoms with Crippen LogP contribution in [0.25, 0.3) is 0 Å². The van der Waals surface area contributed by atoms with Crippen molar-refractivity contribution in [3.05, 3.63) is 33.5 Å². The van der Waals surface area contributed by atoms with Crippen molar-refractivity contribution in [1.29, 1.82) is 0 Å². The third-order valence-corrected chi connectivity index (χ3v) is 3.08. The first-order valence-electron chi connectivity index (χ1n) is 5.26. The quantitative estimate of drug-likeness (QED) is 0.936. The molecule has 2 rings (SSSR count). The lowest BCUT2D eigenvalue weighted by Crippen LogP contribution is -2.14. The second-order valence-electron chi connectivity index (χ2n) is 3.88. The van der Waals surface area contributed by atoms with Crippen LogP contribution in [0.4, 0.5) is 17.6 Å². The van der Waals surface area contributed by atoms with Gasteiger partial charge in [0.15, 0.2) is 0 Å². The molecule has 8 heteroatoms. The van der Waals surface area contributed by atoms with Crippen molar-refractivity contribution in [3.8, 4) is 0 Å². The van der Waals surface area contributed by atoms with Crippen LogP contribution in [-0.4, -0.2) is 29.0 Å². The molecule has 0 unspecified atom stereocenters. The van der Waals surface area contributed by atoms with Crippen LogP contribution in [0.1, 0.15) is 0 Å². The predicted molar refractivity (Wildman–Crippen MR) is 78.9 cm³/mol. The molecular weight excluding hydrogens is 309 g/mol. The molecule has 19 heavy (non-hydrogen) atoms. The summed E-state index contributed by atoms with van der Waals surface area (Å²) >= 11 is 17.6. The fraction of sp³-hybridized carbons (Fsp3) is 0.182. The maximum atomic E-state index is 5.93. The fourth-order valence-corrected chi connectivity index (χ4v) is 1.75. The molecule has 1 aromatic carbocycles. The minimum absolute atomic E-state index is 0.112.